The Hall–Kier alpha value is -1.43. The summed E-state index contributed by atoms with van der Waals surface area (Å²) in [7, 11) is 3.69. The summed E-state index contributed by atoms with van der Waals surface area (Å²) in [5.41, 5.74) is 1.09. The number of carbonyl (C=O) groups excluding carboxylic acids is 1. The van der Waals surface area contributed by atoms with Gasteiger partial charge in [-0.15, -0.1) is 0 Å². The molecule has 2 atom stereocenters. The molecule has 2 rings (SSSR count). The molecule has 21 heavy (non-hydrogen) atoms. The largest absolute Gasteiger partial charge is 0.389 e. The van der Waals surface area contributed by atoms with Gasteiger partial charge < -0.3 is 14.7 Å². The minimum atomic E-state index is -0.586. The van der Waals surface area contributed by atoms with Crippen molar-refractivity contribution in [1.29, 1.82) is 0 Å². The van der Waals surface area contributed by atoms with Crippen LogP contribution in [0, 0.1) is 0 Å². The fourth-order valence-electron chi connectivity index (χ4n) is 2.61. The van der Waals surface area contributed by atoms with Gasteiger partial charge in [0.2, 0.25) is 5.91 Å². The van der Waals surface area contributed by atoms with Gasteiger partial charge in [-0.2, -0.15) is 0 Å². The summed E-state index contributed by atoms with van der Waals surface area (Å²) in [6, 6.07) is 9.76. The number of aliphatic hydroxyl groups is 1. The molecule has 1 aliphatic rings. The summed E-state index contributed by atoms with van der Waals surface area (Å²) in [4.78, 5) is 15.6. The summed E-state index contributed by atoms with van der Waals surface area (Å²) < 4.78 is 5.52. The smallest absolute Gasteiger partial charge is 0.239 e. The number of ether oxygens (including phenoxy) is 1. The van der Waals surface area contributed by atoms with Crippen LogP contribution in [0.25, 0.3) is 0 Å². The van der Waals surface area contributed by atoms with Crippen LogP contribution >= 0.6 is 0 Å². The number of likely N-dealkylation sites (N-methyl/N-ethyl adjacent to an activating group) is 2. The van der Waals surface area contributed by atoms with Crippen LogP contribution < -0.4 is 0 Å². The minimum absolute atomic E-state index is 0.112. The van der Waals surface area contributed by atoms with E-state index in [0.717, 1.165) is 18.5 Å². The Morgan fingerprint density at radius 1 is 1.43 bits per heavy atom. The molecule has 0 aliphatic carbocycles. The quantitative estimate of drug-likeness (QED) is 0.805. The fraction of sp³-hybridized carbons (Fsp3) is 0.562. The van der Waals surface area contributed by atoms with Gasteiger partial charge in [0.05, 0.1) is 25.4 Å². The van der Waals surface area contributed by atoms with Crippen molar-refractivity contribution in [3.63, 3.8) is 0 Å². The zero-order chi connectivity index (χ0) is 15.2. The van der Waals surface area contributed by atoms with E-state index in [-0.39, 0.29) is 18.6 Å². The predicted octanol–water partition coefficient (Wildman–Crippen LogP) is 0.727. The molecular weight excluding hydrogens is 268 g/mol. The molecule has 1 aliphatic heterocycles. The number of nitrogens with zero attached hydrogens (tertiary/aromatic N) is 2. The topological polar surface area (TPSA) is 53.0 Å². The van der Waals surface area contributed by atoms with Gasteiger partial charge in [0.15, 0.2) is 0 Å². The molecule has 1 aromatic carbocycles. The van der Waals surface area contributed by atoms with Gasteiger partial charge >= 0.3 is 0 Å². The highest BCUT2D eigenvalue weighted by molar-refractivity contribution is 5.83. The Kier molecular flexibility index (Phi) is 5.73. The molecule has 1 saturated heterocycles. The standard InChI is InChI=1S/C16H24N2O3/c1-17-9-8-15(16(17)20)18(2)10-14(19)12-21-11-13-6-4-3-5-7-13/h3-7,14-15,19H,8-12H2,1-2H3/t14-,15?/m1/s1. The Bertz CT molecular complexity index is 452. The van der Waals surface area contributed by atoms with E-state index < -0.39 is 6.10 Å². The fourth-order valence-corrected chi connectivity index (χ4v) is 2.61. The molecule has 1 aromatic rings. The van der Waals surface area contributed by atoms with Crippen LogP contribution in [0.15, 0.2) is 30.3 Å². The van der Waals surface area contributed by atoms with Crippen molar-refractivity contribution in [2.24, 2.45) is 0 Å². The summed E-state index contributed by atoms with van der Waals surface area (Å²) in [5.74, 6) is 0.134. The second-order valence-electron chi connectivity index (χ2n) is 5.66. The lowest BCUT2D eigenvalue weighted by atomic mass is 10.2. The first-order chi connectivity index (χ1) is 10.1. The summed E-state index contributed by atoms with van der Waals surface area (Å²) in [6.45, 7) is 2.00. The van der Waals surface area contributed by atoms with E-state index in [9.17, 15) is 9.90 Å². The van der Waals surface area contributed by atoms with Crippen molar-refractivity contribution in [2.45, 2.75) is 25.2 Å². The summed E-state index contributed by atoms with van der Waals surface area (Å²) >= 11 is 0. The Morgan fingerprint density at radius 3 is 2.76 bits per heavy atom. The maximum absolute atomic E-state index is 11.9. The van der Waals surface area contributed by atoms with E-state index in [1.54, 1.807) is 4.90 Å². The number of aliphatic hydroxyl groups excluding tert-OH is 1. The van der Waals surface area contributed by atoms with Gasteiger partial charge in [-0.1, -0.05) is 30.3 Å². The van der Waals surface area contributed by atoms with Gasteiger partial charge in [-0.3, -0.25) is 9.69 Å². The third-order valence-corrected chi connectivity index (χ3v) is 3.85. The minimum Gasteiger partial charge on any atom is -0.389 e. The Morgan fingerprint density at radius 2 is 2.14 bits per heavy atom. The second-order valence-corrected chi connectivity index (χ2v) is 5.66. The third kappa shape index (κ3) is 4.52. The number of hydrogen-bond donors (Lipinski definition) is 1. The molecule has 0 spiro atoms. The zero-order valence-electron chi connectivity index (χ0n) is 12.7. The molecule has 5 heteroatoms. The third-order valence-electron chi connectivity index (χ3n) is 3.85. The summed E-state index contributed by atoms with van der Waals surface area (Å²) in [5, 5.41) is 10.0. The van der Waals surface area contributed by atoms with Crippen molar-refractivity contribution in [1.82, 2.24) is 9.80 Å². The monoisotopic (exact) mass is 292 g/mol. The highest BCUT2D eigenvalue weighted by atomic mass is 16.5. The van der Waals surface area contributed by atoms with Gasteiger partial charge in [-0.05, 0) is 19.0 Å². The van der Waals surface area contributed by atoms with Gasteiger partial charge in [0.1, 0.15) is 0 Å². The van der Waals surface area contributed by atoms with Gasteiger partial charge in [0.25, 0.3) is 0 Å². The SMILES string of the molecule is CN1CCC(N(C)C[C@@H](O)COCc2ccccc2)C1=O. The number of carbonyl (C=O) groups is 1. The Balaban J connectivity index is 1.69. The molecule has 1 unspecified atom stereocenters. The number of rotatable bonds is 7. The lowest BCUT2D eigenvalue weighted by Gasteiger charge is -2.25. The molecule has 0 bridgehead atoms. The van der Waals surface area contributed by atoms with Crippen molar-refractivity contribution in [2.75, 3.05) is 33.8 Å². The molecule has 1 fully saturated rings. The molecule has 5 nitrogen and oxygen atoms in total. The van der Waals surface area contributed by atoms with Gasteiger partial charge in [-0.25, -0.2) is 0 Å². The number of hydrogen-bond acceptors (Lipinski definition) is 4. The molecule has 0 saturated carbocycles. The van der Waals surface area contributed by atoms with Crippen LogP contribution in [0.4, 0.5) is 0 Å². The van der Waals surface area contributed by atoms with Crippen molar-refractivity contribution >= 4 is 5.91 Å². The van der Waals surface area contributed by atoms with E-state index in [1.807, 2.05) is 49.3 Å². The number of benzene rings is 1. The molecule has 1 amide bonds. The van der Waals surface area contributed by atoms with Gasteiger partial charge in [0, 0.05) is 20.1 Å². The van der Waals surface area contributed by atoms with E-state index in [1.165, 1.54) is 0 Å². The Labute approximate surface area is 126 Å². The highest BCUT2D eigenvalue weighted by Gasteiger charge is 2.32. The van der Waals surface area contributed by atoms with Crippen LogP contribution in [0.2, 0.25) is 0 Å². The maximum Gasteiger partial charge on any atom is 0.239 e. The lowest BCUT2D eigenvalue weighted by molar-refractivity contribution is -0.131. The summed E-state index contributed by atoms with van der Waals surface area (Å²) in [6.07, 6.45) is 0.237. The number of amides is 1. The first-order valence-electron chi connectivity index (χ1n) is 7.33. The zero-order valence-corrected chi connectivity index (χ0v) is 12.7. The molecule has 1 heterocycles. The second kappa shape index (κ2) is 7.54. The normalized spacial score (nSPS) is 20.3. The van der Waals surface area contributed by atoms with E-state index in [0.29, 0.717) is 13.2 Å². The first-order valence-corrected chi connectivity index (χ1v) is 7.33. The van der Waals surface area contributed by atoms with Crippen LogP contribution in [-0.4, -0.2) is 66.8 Å². The molecule has 116 valence electrons. The molecule has 0 radical (unpaired) electrons. The highest BCUT2D eigenvalue weighted by Crippen LogP contribution is 2.14. The number of likely N-dealkylation sites (tertiary alicyclic amines) is 1. The molecule has 0 aromatic heterocycles. The lowest BCUT2D eigenvalue weighted by Crippen LogP contribution is -2.43. The predicted molar refractivity (Wildman–Crippen MR) is 80.8 cm³/mol. The van der Waals surface area contributed by atoms with Crippen molar-refractivity contribution in [3.8, 4) is 0 Å². The van der Waals surface area contributed by atoms with Crippen LogP contribution in [-0.2, 0) is 16.1 Å². The maximum atomic E-state index is 11.9. The van der Waals surface area contributed by atoms with Crippen molar-refractivity contribution in [3.05, 3.63) is 35.9 Å². The van der Waals surface area contributed by atoms with E-state index in [4.69, 9.17) is 4.74 Å². The van der Waals surface area contributed by atoms with Crippen LogP contribution in [0.5, 0.6) is 0 Å². The molecular formula is C16H24N2O3. The van der Waals surface area contributed by atoms with Crippen LogP contribution in [0.3, 0.4) is 0 Å². The molecule has 1 N–H and O–H groups in total. The van der Waals surface area contributed by atoms with Crippen LogP contribution in [0.1, 0.15) is 12.0 Å². The average Bonchev–Trinajstić information content (AvgIpc) is 2.80. The van der Waals surface area contributed by atoms with E-state index in [2.05, 4.69) is 0 Å². The van der Waals surface area contributed by atoms with E-state index >= 15 is 0 Å². The first kappa shape index (κ1) is 15.9. The van der Waals surface area contributed by atoms with Crippen molar-refractivity contribution < 1.29 is 14.6 Å². The average molecular weight is 292 g/mol.